The molecule has 0 aliphatic heterocycles. The lowest BCUT2D eigenvalue weighted by atomic mass is 10.1. The van der Waals surface area contributed by atoms with Crippen LogP contribution in [0.2, 0.25) is 0 Å². The lowest BCUT2D eigenvalue weighted by Gasteiger charge is -2.14. The molecule has 2 N–H and O–H groups in total. The quantitative estimate of drug-likeness (QED) is 0.444. The highest BCUT2D eigenvalue weighted by Gasteiger charge is 2.10. The van der Waals surface area contributed by atoms with E-state index in [0.717, 1.165) is 11.3 Å². The summed E-state index contributed by atoms with van der Waals surface area (Å²) in [5, 5.41) is 6.10. The van der Waals surface area contributed by atoms with E-state index in [2.05, 4.69) is 10.6 Å². The third-order valence-electron chi connectivity index (χ3n) is 4.58. The molecule has 5 nitrogen and oxygen atoms in total. The Morgan fingerprint density at radius 2 is 1.71 bits per heavy atom. The van der Waals surface area contributed by atoms with Crippen LogP contribution in [0.15, 0.2) is 72.8 Å². The van der Waals surface area contributed by atoms with Crippen LogP contribution in [0, 0.1) is 5.82 Å². The van der Waals surface area contributed by atoms with Crippen molar-refractivity contribution in [2.45, 2.75) is 19.9 Å². The summed E-state index contributed by atoms with van der Waals surface area (Å²) < 4.78 is 25.0. The zero-order valence-electron chi connectivity index (χ0n) is 17.6. The van der Waals surface area contributed by atoms with E-state index in [1.165, 1.54) is 6.07 Å². The Labute approximate surface area is 182 Å². The molecule has 0 fully saturated rings. The molecule has 0 radical (unpaired) electrons. The van der Waals surface area contributed by atoms with Crippen LogP contribution in [-0.2, 0) is 17.8 Å². The molecule has 0 bridgehead atoms. The Morgan fingerprint density at radius 1 is 0.935 bits per heavy atom. The Kier molecular flexibility index (Phi) is 8.43. The predicted octanol–water partition coefficient (Wildman–Crippen LogP) is 4.57. The van der Waals surface area contributed by atoms with E-state index in [0.29, 0.717) is 43.2 Å². The molecule has 162 valence electrons. The fourth-order valence-electron chi connectivity index (χ4n) is 3.07. The van der Waals surface area contributed by atoms with Crippen molar-refractivity contribution in [2.75, 3.05) is 25.1 Å². The summed E-state index contributed by atoms with van der Waals surface area (Å²) in [5.41, 5.74) is 2.43. The highest BCUT2D eigenvalue weighted by Crippen LogP contribution is 2.28. The monoisotopic (exact) mass is 422 g/mol. The topological polar surface area (TPSA) is 59.6 Å². The number of rotatable bonds is 11. The van der Waals surface area contributed by atoms with E-state index in [1.807, 2.05) is 55.5 Å². The van der Waals surface area contributed by atoms with Crippen LogP contribution in [0.25, 0.3) is 0 Å². The summed E-state index contributed by atoms with van der Waals surface area (Å²) in [6.07, 6.45) is 0.614. The van der Waals surface area contributed by atoms with Gasteiger partial charge < -0.3 is 20.1 Å². The van der Waals surface area contributed by atoms with Gasteiger partial charge in [0.1, 0.15) is 5.82 Å². The molecular formula is C25H27FN2O3. The third-order valence-corrected chi connectivity index (χ3v) is 4.58. The molecule has 3 aromatic carbocycles. The van der Waals surface area contributed by atoms with Crippen LogP contribution in [0.1, 0.15) is 18.1 Å². The van der Waals surface area contributed by atoms with Gasteiger partial charge in [0, 0.05) is 12.2 Å². The summed E-state index contributed by atoms with van der Waals surface area (Å²) >= 11 is 0. The average Bonchev–Trinajstić information content (AvgIpc) is 2.78. The average molecular weight is 423 g/mol. The molecule has 0 saturated heterocycles. The summed E-state index contributed by atoms with van der Waals surface area (Å²) in [7, 11) is 0. The summed E-state index contributed by atoms with van der Waals surface area (Å²) in [6.45, 7) is 3.53. The maximum Gasteiger partial charge on any atom is 0.262 e. The van der Waals surface area contributed by atoms with Crippen LogP contribution in [0.4, 0.5) is 10.1 Å². The fraction of sp³-hybridized carbons (Fsp3) is 0.240. The van der Waals surface area contributed by atoms with E-state index in [9.17, 15) is 9.18 Å². The van der Waals surface area contributed by atoms with Crippen LogP contribution in [0.3, 0.4) is 0 Å². The van der Waals surface area contributed by atoms with E-state index in [1.54, 1.807) is 18.2 Å². The highest BCUT2D eigenvalue weighted by molar-refractivity contribution is 5.91. The first kappa shape index (κ1) is 22.3. The summed E-state index contributed by atoms with van der Waals surface area (Å²) in [4.78, 5) is 12.1. The van der Waals surface area contributed by atoms with Crippen molar-refractivity contribution in [3.05, 3.63) is 89.7 Å². The second-order valence-electron chi connectivity index (χ2n) is 6.94. The summed E-state index contributed by atoms with van der Waals surface area (Å²) in [5.74, 6) is 0.678. The second kappa shape index (κ2) is 11.7. The standard InChI is InChI=1S/C25H27FN2O3/c1-2-30-24-16-19(17-27-15-14-20-8-6-7-11-22(20)26)12-13-23(24)31-18-25(29)28-21-9-4-3-5-10-21/h3-13,16,27H,2,14-15,17-18H2,1H3,(H,28,29). The van der Waals surface area contributed by atoms with Gasteiger partial charge in [0.15, 0.2) is 18.1 Å². The zero-order valence-corrected chi connectivity index (χ0v) is 17.6. The molecule has 0 spiro atoms. The largest absolute Gasteiger partial charge is 0.490 e. The number of carbonyl (C=O) groups excluding carboxylic acids is 1. The predicted molar refractivity (Wildman–Crippen MR) is 120 cm³/mol. The van der Waals surface area contributed by atoms with Crippen molar-refractivity contribution in [2.24, 2.45) is 0 Å². The van der Waals surface area contributed by atoms with Gasteiger partial charge in [0.2, 0.25) is 0 Å². The number of ether oxygens (including phenoxy) is 2. The van der Waals surface area contributed by atoms with Gasteiger partial charge in [-0.05, 0) is 61.3 Å². The van der Waals surface area contributed by atoms with Crippen molar-refractivity contribution in [3.8, 4) is 11.5 Å². The minimum absolute atomic E-state index is 0.116. The van der Waals surface area contributed by atoms with Crippen LogP contribution < -0.4 is 20.1 Å². The normalized spacial score (nSPS) is 10.5. The second-order valence-corrected chi connectivity index (χ2v) is 6.94. The molecule has 3 aromatic rings. The molecule has 1 amide bonds. The first-order valence-electron chi connectivity index (χ1n) is 10.3. The van der Waals surface area contributed by atoms with Crippen molar-refractivity contribution in [1.29, 1.82) is 0 Å². The van der Waals surface area contributed by atoms with Gasteiger partial charge >= 0.3 is 0 Å². The van der Waals surface area contributed by atoms with Gasteiger partial charge in [-0.25, -0.2) is 4.39 Å². The Hall–Kier alpha value is -3.38. The highest BCUT2D eigenvalue weighted by atomic mass is 19.1. The van der Waals surface area contributed by atoms with Crippen molar-refractivity contribution >= 4 is 11.6 Å². The van der Waals surface area contributed by atoms with Gasteiger partial charge in [-0.15, -0.1) is 0 Å². The van der Waals surface area contributed by atoms with E-state index < -0.39 is 0 Å². The van der Waals surface area contributed by atoms with Gasteiger partial charge in [0.25, 0.3) is 5.91 Å². The molecule has 0 saturated carbocycles. The molecule has 31 heavy (non-hydrogen) atoms. The van der Waals surface area contributed by atoms with Crippen molar-refractivity contribution in [3.63, 3.8) is 0 Å². The molecule has 0 unspecified atom stereocenters. The zero-order chi connectivity index (χ0) is 21.9. The molecule has 0 aliphatic carbocycles. The number of anilines is 1. The molecule has 6 heteroatoms. The maximum absolute atomic E-state index is 13.7. The number of hydrogen-bond donors (Lipinski definition) is 2. The summed E-state index contributed by atoms with van der Waals surface area (Å²) in [6, 6.07) is 21.6. The Bertz CT molecular complexity index is 980. The Morgan fingerprint density at radius 3 is 2.48 bits per heavy atom. The SMILES string of the molecule is CCOc1cc(CNCCc2ccccc2F)ccc1OCC(=O)Nc1ccccc1. The van der Waals surface area contributed by atoms with Gasteiger partial charge in [-0.2, -0.15) is 0 Å². The number of halogens is 1. The lowest BCUT2D eigenvalue weighted by molar-refractivity contribution is -0.118. The first-order chi connectivity index (χ1) is 15.2. The minimum atomic E-state index is -0.243. The van der Waals surface area contributed by atoms with E-state index >= 15 is 0 Å². The molecule has 0 aliphatic rings. The number of para-hydroxylation sites is 1. The van der Waals surface area contributed by atoms with Gasteiger partial charge in [-0.1, -0.05) is 42.5 Å². The van der Waals surface area contributed by atoms with Crippen LogP contribution in [0.5, 0.6) is 11.5 Å². The molecule has 0 heterocycles. The number of nitrogens with one attached hydrogen (secondary N) is 2. The van der Waals surface area contributed by atoms with E-state index in [-0.39, 0.29) is 18.3 Å². The maximum atomic E-state index is 13.7. The molecule has 0 aromatic heterocycles. The van der Waals surface area contributed by atoms with Crippen molar-refractivity contribution < 1.29 is 18.7 Å². The lowest BCUT2D eigenvalue weighted by Crippen LogP contribution is -2.20. The third kappa shape index (κ3) is 7.12. The molecule has 3 rings (SSSR count). The minimum Gasteiger partial charge on any atom is -0.490 e. The first-order valence-corrected chi connectivity index (χ1v) is 10.3. The van der Waals surface area contributed by atoms with Crippen molar-refractivity contribution in [1.82, 2.24) is 5.32 Å². The smallest absolute Gasteiger partial charge is 0.262 e. The fourth-order valence-corrected chi connectivity index (χ4v) is 3.07. The van der Waals surface area contributed by atoms with Crippen LogP contribution >= 0.6 is 0 Å². The Balaban J connectivity index is 1.51. The van der Waals surface area contributed by atoms with Crippen LogP contribution in [-0.4, -0.2) is 25.7 Å². The molecular weight excluding hydrogens is 395 g/mol. The van der Waals surface area contributed by atoms with Gasteiger partial charge in [-0.3, -0.25) is 4.79 Å². The number of amides is 1. The number of hydrogen-bond acceptors (Lipinski definition) is 4. The number of carbonyl (C=O) groups is 1. The van der Waals surface area contributed by atoms with Gasteiger partial charge in [0.05, 0.1) is 6.61 Å². The van der Waals surface area contributed by atoms with E-state index in [4.69, 9.17) is 9.47 Å². The number of benzene rings is 3. The molecule has 0 atom stereocenters.